The van der Waals surface area contributed by atoms with Crippen LogP contribution in [0, 0.1) is 13.8 Å². The molecule has 4 aromatic rings. The summed E-state index contributed by atoms with van der Waals surface area (Å²) >= 11 is 5.35. The van der Waals surface area contributed by atoms with E-state index in [-0.39, 0.29) is 0 Å². The van der Waals surface area contributed by atoms with Gasteiger partial charge in [0.15, 0.2) is 5.16 Å². The number of aryl methyl sites for hydroxylation is 2. The minimum Gasteiger partial charge on any atom is -0.231 e. The van der Waals surface area contributed by atoms with E-state index in [0.717, 1.165) is 16.6 Å². The Morgan fingerprint density at radius 1 is 1.08 bits per heavy atom. The van der Waals surface area contributed by atoms with Crippen molar-refractivity contribution in [2.24, 2.45) is 0 Å². The summed E-state index contributed by atoms with van der Waals surface area (Å²) in [5.74, 6) is 0.891. The van der Waals surface area contributed by atoms with Gasteiger partial charge in [0, 0.05) is 17.3 Å². The molecular formula is C19H16N2S3. The molecule has 24 heavy (non-hydrogen) atoms. The molecule has 3 heterocycles. The van der Waals surface area contributed by atoms with E-state index in [1.165, 1.54) is 31.0 Å². The second-order valence-electron chi connectivity index (χ2n) is 5.64. The SMILES string of the molecule is Cc1csc2sc(-c3ccnc(SCc4ccccc4)n3)c(C)c12. The largest absolute Gasteiger partial charge is 0.231 e. The van der Waals surface area contributed by atoms with E-state index >= 15 is 0 Å². The molecule has 0 unspecified atom stereocenters. The molecule has 120 valence electrons. The molecule has 0 aliphatic rings. The molecular weight excluding hydrogens is 352 g/mol. The number of fused-ring (bicyclic) bond motifs is 1. The molecule has 0 aliphatic carbocycles. The Hall–Kier alpha value is -1.69. The maximum Gasteiger partial charge on any atom is 0.188 e. The molecule has 0 saturated heterocycles. The summed E-state index contributed by atoms with van der Waals surface area (Å²) in [5, 5.41) is 4.47. The summed E-state index contributed by atoms with van der Waals surface area (Å²) in [6, 6.07) is 12.5. The van der Waals surface area contributed by atoms with Crippen molar-refractivity contribution >= 4 is 43.8 Å². The fourth-order valence-electron chi connectivity index (χ4n) is 2.73. The van der Waals surface area contributed by atoms with Crippen LogP contribution in [-0.2, 0) is 5.75 Å². The lowest BCUT2D eigenvalue weighted by molar-refractivity contribution is 0.973. The maximum atomic E-state index is 4.79. The Labute approximate surface area is 153 Å². The van der Waals surface area contributed by atoms with E-state index in [0.29, 0.717) is 0 Å². The van der Waals surface area contributed by atoms with Crippen molar-refractivity contribution in [3.63, 3.8) is 0 Å². The predicted octanol–water partition coefficient (Wildman–Crippen LogP) is 6.33. The van der Waals surface area contributed by atoms with Gasteiger partial charge in [0.25, 0.3) is 0 Å². The monoisotopic (exact) mass is 368 g/mol. The molecule has 0 saturated carbocycles. The van der Waals surface area contributed by atoms with Crippen LogP contribution >= 0.6 is 34.4 Å². The minimum atomic E-state index is 0.837. The van der Waals surface area contributed by atoms with Gasteiger partial charge < -0.3 is 0 Å². The summed E-state index contributed by atoms with van der Waals surface area (Å²) in [4.78, 5) is 10.5. The number of hydrogen-bond donors (Lipinski definition) is 0. The van der Waals surface area contributed by atoms with Crippen LogP contribution < -0.4 is 0 Å². The third kappa shape index (κ3) is 2.99. The number of thiophene rings is 2. The van der Waals surface area contributed by atoms with Crippen LogP contribution in [0.25, 0.3) is 20.0 Å². The van der Waals surface area contributed by atoms with Gasteiger partial charge in [0.05, 0.1) is 14.6 Å². The highest BCUT2D eigenvalue weighted by Crippen LogP contribution is 2.42. The van der Waals surface area contributed by atoms with Gasteiger partial charge in [0.2, 0.25) is 0 Å². The van der Waals surface area contributed by atoms with Crippen molar-refractivity contribution in [3.8, 4) is 10.6 Å². The van der Waals surface area contributed by atoms with Gasteiger partial charge in [0.1, 0.15) is 0 Å². The van der Waals surface area contributed by atoms with Crippen molar-refractivity contribution < 1.29 is 0 Å². The zero-order valence-corrected chi connectivity index (χ0v) is 15.9. The Morgan fingerprint density at radius 2 is 1.92 bits per heavy atom. The molecule has 1 aromatic carbocycles. The molecule has 0 spiro atoms. The number of benzene rings is 1. The minimum absolute atomic E-state index is 0.837. The Balaban J connectivity index is 1.63. The smallest absolute Gasteiger partial charge is 0.188 e. The van der Waals surface area contributed by atoms with E-state index in [1.807, 2.05) is 41.0 Å². The van der Waals surface area contributed by atoms with E-state index in [1.54, 1.807) is 11.8 Å². The van der Waals surface area contributed by atoms with E-state index < -0.39 is 0 Å². The average molecular weight is 369 g/mol. The van der Waals surface area contributed by atoms with Crippen LogP contribution in [0.1, 0.15) is 16.7 Å². The normalized spacial score (nSPS) is 11.2. The zero-order chi connectivity index (χ0) is 16.5. The highest BCUT2D eigenvalue weighted by molar-refractivity contribution is 7.98. The second kappa shape index (κ2) is 6.67. The Morgan fingerprint density at radius 3 is 2.71 bits per heavy atom. The highest BCUT2D eigenvalue weighted by atomic mass is 32.2. The van der Waals surface area contributed by atoms with Crippen molar-refractivity contribution in [2.75, 3.05) is 0 Å². The van der Waals surface area contributed by atoms with Gasteiger partial charge in [-0.25, -0.2) is 9.97 Å². The van der Waals surface area contributed by atoms with Gasteiger partial charge in [-0.1, -0.05) is 42.1 Å². The molecule has 0 amide bonds. The fourth-order valence-corrected chi connectivity index (χ4v) is 6.01. The third-order valence-electron chi connectivity index (χ3n) is 3.93. The number of aromatic nitrogens is 2. The van der Waals surface area contributed by atoms with Crippen LogP contribution in [-0.4, -0.2) is 9.97 Å². The van der Waals surface area contributed by atoms with Crippen molar-refractivity contribution in [3.05, 3.63) is 64.7 Å². The van der Waals surface area contributed by atoms with E-state index in [9.17, 15) is 0 Å². The van der Waals surface area contributed by atoms with Crippen molar-refractivity contribution in [1.29, 1.82) is 0 Å². The van der Waals surface area contributed by atoms with Gasteiger partial charge in [-0.3, -0.25) is 0 Å². The molecule has 0 aliphatic heterocycles. The van der Waals surface area contributed by atoms with Crippen LogP contribution in [0.3, 0.4) is 0 Å². The summed E-state index contributed by atoms with van der Waals surface area (Å²) in [6.45, 7) is 4.39. The van der Waals surface area contributed by atoms with Crippen LogP contribution in [0.5, 0.6) is 0 Å². The lowest BCUT2D eigenvalue weighted by Gasteiger charge is -2.04. The van der Waals surface area contributed by atoms with Crippen molar-refractivity contribution in [2.45, 2.75) is 24.8 Å². The topological polar surface area (TPSA) is 25.8 Å². The Bertz CT molecular complexity index is 986. The van der Waals surface area contributed by atoms with Crippen molar-refractivity contribution in [1.82, 2.24) is 9.97 Å². The first-order chi connectivity index (χ1) is 11.7. The molecule has 3 aromatic heterocycles. The number of thioether (sulfide) groups is 1. The molecule has 0 N–H and O–H groups in total. The Kier molecular flexibility index (Phi) is 4.39. The summed E-state index contributed by atoms with van der Waals surface area (Å²) in [5.41, 5.74) is 5.03. The molecule has 0 atom stereocenters. The summed E-state index contributed by atoms with van der Waals surface area (Å²) < 4.78 is 1.39. The molecule has 0 radical (unpaired) electrons. The lowest BCUT2D eigenvalue weighted by Crippen LogP contribution is -1.90. The summed E-state index contributed by atoms with van der Waals surface area (Å²) in [7, 11) is 0. The molecule has 0 fully saturated rings. The van der Waals surface area contributed by atoms with E-state index in [2.05, 4.69) is 48.5 Å². The standard InChI is InChI=1S/C19H16N2S3/c1-12-10-22-18-16(12)13(2)17(24-18)15-8-9-20-19(21-15)23-11-14-6-4-3-5-7-14/h3-10H,11H2,1-2H3. The van der Waals surface area contributed by atoms with Crippen LogP contribution in [0.15, 0.2) is 53.1 Å². The van der Waals surface area contributed by atoms with Gasteiger partial charge in [-0.15, -0.1) is 22.7 Å². The van der Waals surface area contributed by atoms with Gasteiger partial charge >= 0.3 is 0 Å². The van der Waals surface area contributed by atoms with Gasteiger partial charge in [-0.2, -0.15) is 0 Å². The molecule has 4 rings (SSSR count). The number of rotatable bonds is 4. The predicted molar refractivity (Wildman–Crippen MR) is 106 cm³/mol. The molecule has 2 nitrogen and oxygen atoms in total. The number of nitrogens with zero attached hydrogens (tertiary/aromatic N) is 2. The second-order valence-corrected chi connectivity index (χ2v) is 8.74. The molecule has 0 bridgehead atoms. The zero-order valence-electron chi connectivity index (χ0n) is 13.4. The number of hydrogen-bond acceptors (Lipinski definition) is 5. The first-order valence-electron chi connectivity index (χ1n) is 7.69. The first kappa shape index (κ1) is 15.8. The molecule has 5 heteroatoms. The first-order valence-corrected chi connectivity index (χ1v) is 10.4. The fraction of sp³-hybridized carbons (Fsp3) is 0.158. The third-order valence-corrected chi connectivity index (χ3v) is 7.40. The maximum absolute atomic E-state index is 4.79. The average Bonchev–Trinajstić information content (AvgIpc) is 3.15. The summed E-state index contributed by atoms with van der Waals surface area (Å²) in [6.07, 6.45) is 1.87. The van der Waals surface area contributed by atoms with Crippen LogP contribution in [0.4, 0.5) is 0 Å². The lowest BCUT2D eigenvalue weighted by atomic mass is 10.1. The van der Waals surface area contributed by atoms with E-state index in [4.69, 9.17) is 4.98 Å². The highest BCUT2D eigenvalue weighted by Gasteiger charge is 2.15. The van der Waals surface area contributed by atoms with Crippen LogP contribution in [0.2, 0.25) is 0 Å². The van der Waals surface area contributed by atoms with Gasteiger partial charge in [-0.05, 0) is 42.0 Å². The quantitative estimate of drug-likeness (QED) is 0.311.